The summed E-state index contributed by atoms with van der Waals surface area (Å²) in [6, 6.07) is 13.9. The van der Waals surface area contributed by atoms with E-state index < -0.39 is 0 Å². The topological polar surface area (TPSA) is 473 Å². The number of rotatable bonds is 10. The van der Waals surface area contributed by atoms with Crippen LogP contribution in [0.4, 0.5) is 64.0 Å². The van der Waals surface area contributed by atoms with Gasteiger partial charge in [0.1, 0.15) is 94.5 Å². The van der Waals surface area contributed by atoms with Gasteiger partial charge in [-0.05, 0) is 151 Å². The van der Waals surface area contributed by atoms with Crippen LogP contribution in [0.3, 0.4) is 0 Å². The molecule has 6 aliphatic carbocycles. The van der Waals surface area contributed by atoms with E-state index >= 15 is 0 Å². The number of aromatic nitrogens is 12. The Morgan fingerprint density at radius 2 is 0.624 bits per heavy atom. The number of nitrogens with zero attached hydrogens (tertiary/aromatic N) is 12. The molecule has 4 aliphatic heterocycles. The van der Waals surface area contributed by atoms with E-state index in [0.29, 0.717) is 74.7 Å². The fourth-order valence-electron chi connectivity index (χ4n) is 16.2. The predicted molar refractivity (Wildman–Crippen MR) is 406 cm³/mol. The van der Waals surface area contributed by atoms with Gasteiger partial charge in [-0.25, -0.2) is 59.8 Å². The normalized spacial score (nSPS) is 18.4. The second kappa shape index (κ2) is 32.9. The Hall–Kier alpha value is -10.2. The summed E-state index contributed by atoms with van der Waals surface area (Å²) in [6.07, 6.45) is 30.8. The minimum Gasteiger partial charge on any atom is -0.870 e. The van der Waals surface area contributed by atoms with Crippen molar-refractivity contribution >= 4 is 111 Å². The van der Waals surface area contributed by atoms with Crippen LogP contribution in [-0.4, -0.2) is 101 Å². The number of amides is 6. The predicted octanol–water partition coefficient (Wildman–Crippen LogP) is 8.17. The minimum absolute atomic E-state index is 0. The smallest absolute Gasteiger partial charge is 0.870 e. The van der Waals surface area contributed by atoms with E-state index in [1.165, 1.54) is 51.0 Å². The average molecular weight is 1510 g/mol. The summed E-state index contributed by atoms with van der Waals surface area (Å²) < 4.78 is 0. The van der Waals surface area contributed by atoms with Crippen LogP contribution in [0.15, 0.2) is 73.8 Å². The number of pyridine rings is 4. The molecule has 6 amide bonds. The SMILES string of the molecule is Cc1cc(Cl)nc2c1C(=O)NC21CCCCC1.Cc1cc(Nc2cc(N)ncn2)nc2c1C(=O)NC21CCCCC1.Cc1cc(Nc2cc(N)ncn2)nc2c1C(=O)NC21CCCCC1.Cc1cc(Nc2cc(NC(=O)C3CC3)ncn2)nc2c1C(=O)NC21CCCCC1.Nc1cc(NC(=O)C2CC2)ncn1.[Na+].[OH-]. The molecule has 8 aromatic heterocycles. The van der Waals surface area contributed by atoms with E-state index in [9.17, 15) is 28.8 Å². The molecule has 18 rings (SSSR count). The molecule has 0 aromatic carbocycles. The van der Waals surface area contributed by atoms with Crippen molar-refractivity contribution in [1.82, 2.24) is 81.1 Å². The Bertz CT molecular complexity index is 4670. The van der Waals surface area contributed by atoms with Crippen molar-refractivity contribution in [3.8, 4) is 0 Å². The van der Waals surface area contributed by atoms with E-state index in [0.717, 1.165) is 190 Å². The van der Waals surface area contributed by atoms with Crippen LogP contribution in [0.2, 0.25) is 5.15 Å². The van der Waals surface area contributed by atoms with E-state index in [1.54, 1.807) is 30.3 Å². The Balaban J connectivity index is 0.000000129. The van der Waals surface area contributed by atoms with E-state index in [1.807, 2.05) is 45.9 Å². The summed E-state index contributed by atoms with van der Waals surface area (Å²) in [5.41, 5.74) is 25.7. The van der Waals surface area contributed by atoms with E-state index in [4.69, 9.17) is 43.8 Å². The molecule has 6 saturated carbocycles. The molecule has 10 aliphatic rings. The van der Waals surface area contributed by atoms with Crippen molar-refractivity contribution in [2.45, 2.75) is 204 Å². The van der Waals surface area contributed by atoms with Crippen LogP contribution in [-0.2, 0) is 31.7 Å². The molecule has 0 radical (unpaired) electrons. The molecule has 31 nitrogen and oxygen atoms in total. The molecule has 109 heavy (non-hydrogen) atoms. The number of nitrogens with two attached hydrogens (primary N) is 3. The number of hydrogen-bond acceptors (Lipinski definition) is 25. The molecule has 4 spiro atoms. The van der Waals surface area contributed by atoms with Gasteiger partial charge in [-0.1, -0.05) is 88.7 Å². The van der Waals surface area contributed by atoms with Crippen LogP contribution in [0, 0.1) is 39.5 Å². The number of nitrogens with one attached hydrogen (secondary N) is 9. The summed E-state index contributed by atoms with van der Waals surface area (Å²) >= 11 is 6.03. The summed E-state index contributed by atoms with van der Waals surface area (Å²) in [5.74, 6) is 6.11. The number of anilines is 11. The average Bonchev–Trinajstić information content (AvgIpc) is 1.62. The Morgan fingerprint density at radius 1 is 0.367 bits per heavy atom. The summed E-state index contributed by atoms with van der Waals surface area (Å²) in [5, 5.41) is 28.3. The van der Waals surface area contributed by atoms with Crippen LogP contribution < -0.4 is 94.6 Å². The maximum Gasteiger partial charge on any atom is 1.00 e. The van der Waals surface area contributed by atoms with Gasteiger partial charge in [0.25, 0.3) is 23.6 Å². The molecule has 12 heterocycles. The van der Waals surface area contributed by atoms with Gasteiger partial charge in [0.05, 0.1) is 67.2 Å². The molecule has 8 aromatic rings. The van der Waals surface area contributed by atoms with Gasteiger partial charge in [-0.15, -0.1) is 0 Å². The van der Waals surface area contributed by atoms with E-state index in [2.05, 4.69) is 92.7 Å². The van der Waals surface area contributed by atoms with Gasteiger partial charge in [0.15, 0.2) is 0 Å². The van der Waals surface area contributed by atoms with E-state index in [-0.39, 0.29) is 104 Å². The minimum atomic E-state index is -0.345. The second-order valence-corrected chi connectivity index (χ2v) is 30.1. The first kappa shape index (κ1) is 78.4. The molecule has 564 valence electrons. The standard InChI is InChI=1S/C21H24N6O2.2C17H20N6O.C13H15ClN2O.C8H10N4O.Na.H2O/c1-12-9-16(24-14-10-15(23-11-22-14)26-19(28)13-5-6-13)25-18-17(12)20(29)27-21(18)7-3-2-4-8-21;2*1-10-7-13(21-12-8-11(18)19-9-20-12)22-15-14(10)16(24)23-17(15)5-3-2-4-6-17;1-8-7-9(14)15-11-10(8)12(17)16-13(11)5-3-2-4-6-13;9-6-3-7(11-4-10-6)12-8(13)5-1-2-5;;/h9-11,13H,2-8H2,1H3,(H,27,29)(H2,22,23,24,25,26,28);2*7-9H,2-6H2,1H3,(H,23,24)(H3,18,19,20,21,22);7H,2-6H2,1H3,(H,16,17);3-5H,1-2H2,(H3,9,10,11,12,13);;1H2/q;;;;;+1;/p-1. The number of halogens is 1. The van der Waals surface area contributed by atoms with Gasteiger partial charge in [0.2, 0.25) is 11.8 Å². The molecule has 0 unspecified atom stereocenters. The first-order chi connectivity index (χ1) is 51.6. The number of aryl methyl sites for hydroxylation is 4. The fraction of sp³-hybridized carbons (Fsp3) is 0.447. The van der Waals surface area contributed by atoms with Crippen LogP contribution in [0.1, 0.15) is 241 Å². The van der Waals surface area contributed by atoms with Gasteiger partial charge in [-0.3, -0.25) is 28.8 Å². The largest absolute Gasteiger partial charge is 1.00 e. The molecular weight excluding hydrogens is 1420 g/mol. The van der Waals surface area contributed by atoms with Crippen molar-refractivity contribution in [2.24, 2.45) is 11.8 Å². The van der Waals surface area contributed by atoms with Crippen LogP contribution in [0.25, 0.3) is 0 Å². The zero-order valence-corrected chi connectivity index (χ0v) is 64.7. The van der Waals surface area contributed by atoms with Crippen LogP contribution in [0.5, 0.6) is 0 Å². The first-order valence-electron chi connectivity index (χ1n) is 37.1. The van der Waals surface area contributed by atoms with Gasteiger partial charge in [-0.2, -0.15) is 0 Å². The van der Waals surface area contributed by atoms with Crippen molar-refractivity contribution < 1.29 is 63.8 Å². The Morgan fingerprint density at radius 3 is 0.927 bits per heavy atom. The third-order valence-corrected chi connectivity index (χ3v) is 21.9. The summed E-state index contributed by atoms with van der Waals surface area (Å²) in [6.45, 7) is 7.76. The summed E-state index contributed by atoms with van der Waals surface area (Å²) in [4.78, 5) is 124. The molecular formula is C76H90ClN24NaO7. The van der Waals surface area contributed by atoms with Crippen molar-refractivity contribution in [3.63, 3.8) is 0 Å². The Kier molecular flexibility index (Phi) is 23.7. The summed E-state index contributed by atoms with van der Waals surface area (Å²) in [7, 11) is 0. The fourth-order valence-corrected chi connectivity index (χ4v) is 16.4. The number of fused-ring (bicyclic) bond motifs is 8. The zero-order chi connectivity index (χ0) is 74.8. The molecule has 0 saturated heterocycles. The maximum absolute atomic E-state index is 12.6. The van der Waals surface area contributed by atoms with Crippen molar-refractivity contribution in [3.05, 3.63) is 146 Å². The first-order valence-corrected chi connectivity index (χ1v) is 37.5. The molecule has 16 N–H and O–H groups in total. The number of carbonyl (C=O) groups excluding carboxylic acids is 6. The van der Waals surface area contributed by atoms with Crippen LogP contribution >= 0.6 is 11.6 Å². The Labute approximate surface area is 657 Å². The second-order valence-electron chi connectivity index (χ2n) is 29.7. The third kappa shape index (κ3) is 17.3. The number of hydrogen-bond donors (Lipinski definition) is 12. The van der Waals surface area contributed by atoms with Gasteiger partial charge < -0.3 is 70.5 Å². The number of carbonyl (C=O) groups is 6. The zero-order valence-electron chi connectivity index (χ0n) is 61.9. The molecule has 6 fully saturated rings. The number of nitrogen functional groups attached to an aromatic ring is 3. The maximum atomic E-state index is 12.6. The third-order valence-electron chi connectivity index (χ3n) is 21.7. The van der Waals surface area contributed by atoms with Gasteiger partial charge >= 0.3 is 29.6 Å². The molecule has 33 heteroatoms. The monoisotopic (exact) mass is 1510 g/mol. The van der Waals surface area contributed by atoms with Crippen molar-refractivity contribution in [2.75, 3.05) is 43.8 Å². The quantitative estimate of drug-likeness (QED) is 0.0453. The molecule has 0 bridgehead atoms. The van der Waals surface area contributed by atoms with Gasteiger partial charge in [0, 0.05) is 36.1 Å². The van der Waals surface area contributed by atoms with Crippen molar-refractivity contribution in [1.29, 1.82) is 0 Å². The molecule has 0 atom stereocenters.